The van der Waals surface area contributed by atoms with Crippen LogP contribution in [0.2, 0.25) is 0 Å². The van der Waals surface area contributed by atoms with Crippen LogP contribution in [0, 0.1) is 5.92 Å². The summed E-state index contributed by atoms with van der Waals surface area (Å²) in [5.41, 5.74) is 13.5. The summed E-state index contributed by atoms with van der Waals surface area (Å²) in [5, 5.41) is 4.20. The fraction of sp³-hybridized carbons (Fsp3) is 0.423. The SMILES string of the molecule is N[C@H]1CCN(c2c3c(nc4ccc(-c5ccnc(NC(=O)C6CCC6)c5)cc24)CCC3)C1. The van der Waals surface area contributed by atoms with Crippen molar-refractivity contribution >= 4 is 28.3 Å². The van der Waals surface area contributed by atoms with E-state index in [4.69, 9.17) is 10.7 Å². The first kappa shape index (κ1) is 19.7. The van der Waals surface area contributed by atoms with Gasteiger partial charge in [-0.05, 0) is 79.5 Å². The molecule has 6 nitrogen and oxygen atoms in total. The summed E-state index contributed by atoms with van der Waals surface area (Å²) < 4.78 is 0. The van der Waals surface area contributed by atoms with Gasteiger partial charge in [0.2, 0.25) is 5.91 Å². The number of fused-ring (bicyclic) bond motifs is 2. The maximum absolute atomic E-state index is 12.4. The van der Waals surface area contributed by atoms with E-state index in [9.17, 15) is 4.79 Å². The second kappa shape index (κ2) is 7.85. The van der Waals surface area contributed by atoms with Gasteiger partial charge in [0, 0.05) is 42.3 Å². The Bertz CT molecular complexity index is 1200. The molecule has 1 saturated heterocycles. The van der Waals surface area contributed by atoms with E-state index in [0.29, 0.717) is 5.82 Å². The molecule has 2 aromatic heterocycles. The van der Waals surface area contributed by atoms with Crippen LogP contribution in [0.3, 0.4) is 0 Å². The van der Waals surface area contributed by atoms with E-state index in [1.54, 1.807) is 6.20 Å². The second-order valence-electron chi connectivity index (χ2n) is 9.51. The minimum absolute atomic E-state index is 0.0897. The maximum atomic E-state index is 12.4. The van der Waals surface area contributed by atoms with Gasteiger partial charge in [0.25, 0.3) is 0 Å². The van der Waals surface area contributed by atoms with Crippen LogP contribution in [0.5, 0.6) is 0 Å². The van der Waals surface area contributed by atoms with E-state index in [-0.39, 0.29) is 17.9 Å². The highest BCUT2D eigenvalue weighted by Gasteiger charge is 2.28. The standard InChI is InChI=1S/C26H29N5O/c27-19-10-12-31(15-19)25-20-5-2-6-22(20)29-23-8-7-17(13-21(23)25)18-9-11-28-24(14-18)30-26(32)16-3-1-4-16/h7-9,11,13-14,16,19H,1-6,10,12,15,27H2,(H,28,30,32)/t19-/m0/s1. The van der Waals surface area contributed by atoms with E-state index in [2.05, 4.69) is 33.4 Å². The number of carbonyl (C=O) groups excluding carboxylic acids is 1. The van der Waals surface area contributed by atoms with Crippen LogP contribution in [0.1, 0.15) is 43.4 Å². The Morgan fingerprint density at radius 1 is 1.06 bits per heavy atom. The van der Waals surface area contributed by atoms with Gasteiger partial charge in [-0.25, -0.2) is 4.98 Å². The molecule has 3 aliphatic rings. The third-order valence-electron chi connectivity index (χ3n) is 7.34. The monoisotopic (exact) mass is 427 g/mol. The van der Waals surface area contributed by atoms with Crippen LogP contribution in [0.25, 0.3) is 22.0 Å². The molecule has 32 heavy (non-hydrogen) atoms. The van der Waals surface area contributed by atoms with Gasteiger partial charge in [-0.2, -0.15) is 0 Å². The lowest BCUT2D eigenvalue weighted by molar-refractivity contribution is -0.122. The lowest BCUT2D eigenvalue weighted by Crippen LogP contribution is -2.28. The van der Waals surface area contributed by atoms with Crippen LogP contribution in [0.4, 0.5) is 11.5 Å². The highest BCUT2D eigenvalue weighted by Crippen LogP contribution is 2.39. The van der Waals surface area contributed by atoms with Crippen molar-refractivity contribution in [3.8, 4) is 11.1 Å². The number of anilines is 2. The van der Waals surface area contributed by atoms with Gasteiger partial charge in [-0.1, -0.05) is 12.5 Å². The first-order valence-corrected chi connectivity index (χ1v) is 11.9. The van der Waals surface area contributed by atoms with Crippen LogP contribution in [-0.4, -0.2) is 35.0 Å². The molecule has 0 bridgehead atoms. The number of aryl methyl sites for hydroxylation is 1. The van der Waals surface area contributed by atoms with Crippen LogP contribution >= 0.6 is 0 Å². The average molecular weight is 428 g/mol. The largest absolute Gasteiger partial charge is 0.369 e. The maximum Gasteiger partial charge on any atom is 0.228 e. The van der Waals surface area contributed by atoms with Crippen molar-refractivity contribution in [3.63, 3.8) is 0 Å². The second-order valence-corrected chi connectivity index (χ2v) is 9.51. The van der Waals surface area contributed by atoms with Crippen molar-refractivity contribution in [3.05, 3.63) is 47.8 Å². The lowest BCUT2D eigenvalue weighted by Gasteiger charge is -2.24. The Morgan fingerprint density at radius 2 is 1.94 bits per heavy atom. The smallest absolute Gasteiger partial charge is 0.228 e. The Kier molecular flexibility index (Phi) is 4.83. The molecule has 1 amide bonds. The van der Waals surface area contributed by atoms with Gasteiger partial charge >= 0.3 is 0 Å². The summed E-state index contributed by atoms with van der Waals surface area (Å²) >= 11 is 0. The van der Waals surface area contributed by atoms with Crippen molar-refractivity contribution in [2.45, 2.75) is 51.0 Å². The van der Waals surface area contributed by atoms with Gasteiger partial charge in [-0.15, -0.1) is 0 Å². The van der Waals surface area contributed by atoms with Crippen LogP contribution in [0.15, 0.2) is 36.5 Å². The minimum Gasteiger partial charge on any atom is -0.369 e. The first-order chi connectivity index (χ1) is 15.7. The number of nitrogens with zero attached hydrogens (tertiary/aromatic N) is 3. The molecule has 1 aromatic carbocycles. The predicted octanol–water partition coefficient (Wildman–Crippen LogP) is 4.06. The predicted molar refractivity (Wildman–Crippen MR) is 128 cm³/mol. The van der Waals surface area contributed by atoms with Crippen molar-refractivity contribution in [2.75, 3.05) is 23.3 Å². The molecule has 2 fully saturated rings. The molecular weight excluding hydrogens is 398 g/mol. The van der Waals surface area contributed by atoms with Crippen molar-refractivity contribution < 1.29 is 4.79 Å². The highest BCUT2D eigenvalue weighted by atomic mass is 16.2. The Morgan fingerprint density at radius 3 is 2.72 bits per heavy atom. The molecule has 3 heterocycles. The summed E-state index contributed by atoms with van der Waals surface area (Å²) in [5.74, 6) is 0.854. The van der Waals surface area contributed by atoms with E-state index in [0.717, 1.165) is 68.3 Å². The number of pyridine rings is 2. The molecule has 0 spiro atoms. The molecular formula is C26H29N5O. The third kappa shape index (κ3) is 3.43. The van der Waals surface area contributed by atoms with E-state index < -0.39 is 0 Å². The molecule has 6 rings (SSSR count). The lowest BCUT2D eigenvalue weighted by atomic mass is 9.85. The summed E-state index contributed by atoms with van der Waals surface area (Å²) in [6.45, 7) is 1.91. The van der Waals surface area contributed by atoms with Crippen molar-refractivity contribution in [2.24, 2.45) is 11.7 Å². The summed E-state index contributed by atoms with van der Waals surface area (Å²) in [6.07, 6.45) is 9.25. The average Bonchev–Trinajstić information content (AvgIpc) is 3.39. The number of amides is 1. The fourth-order valence-corrected chi connectivity index (χ4v) is 5.35. The first-order valence-electron chi connectivity index (χ1n) is 11.9. The van der Waals surface area contributed by atoms with Gasteiger partial charge in [0.15, 0.2) is 0 Å². The molecule has 2 aliphatic carbocycles. The van der Waals surface area contributed by atoms with Crippen molar-refractivity contribution in [1.29, 1.82) is 0 Å². The van der Waals surface area contributed by atoms with Gasteiger partial charge in [0.05, 0.1) is 11.2 Å². The number of benzene rings is 1. The summed E-state index contributed by atoms with van der Waals surface area (Å²) in [4.78, 5) is 24.2. The summed E-state index contributed by atoms with van der Waals surface area (Å²) in [7, 11) is 0. The highest BCUT2D eigenvalue weighted by molar-refractivity contribution is 5.98. The zero-order chi connectivity index (χ0) is 21.7. The molecule has 0 unspecified atom stereocenters. The number of carbonyl (C=O) groups is 1. The molecule has 0 radical (unpaired) electrons. The van der Waals surface area contributed by atoms with Crippen molar-refractivity contribution in [1.82, 2.24) is 9.97 Å². The molecule has 1 saturated carbocycles. The normalized spacial score (nSPS) is 20.4. The number of rotatable bonds is 4. The fourth-order valence-electron chi connectivity index (χ4n) is 5.35. The molecule has 1 atom stereocenters. The number of aromatic nitrogens is 2. The number of hydrogen-bond acceptors (Lipinski definition) is 5. The van der Waals surface area contributed by atoms with Gasteiger partial charge < -0.3 is 16.0 Å². The zero-order valence-corrected chi connectivity index (χ0v) is 18.3. The van der Waals surface area contributed by atoms with Gasteiger partial charge in [0.1, 0.15) is 5.82 Å². The van der Waals surface area contributed by atoms with E-state index in [1.807, 2.05) is 12.1 Å². The minimum atomic E-state index is 0.0897. The topological polar surface area (TPSA) is 84.1 Å². The van der Waals surface area contributed by atoms with Crippen LogP contribution in [-0.2, 0) is 17.6 Å². The molecule has 164 valence electrons. The molecule has 1 aliphatic heterocycles. The number of nitrogens with two attached hydrogens (primary N) is 1. The Balaban J connectivity index is 1.40. The van der Waals surface area contributed by atoms with Crippen LogP contribution < -0.4 is 16.0 Å². The quantitative estimate of drug-likeness (QED) is 0.656. The number of nitrogens with one attached hydrogen (secondary N) is 1. The molecule has 3 N–H and O–H groups in total. The molecule has 6 heteroatoms. The third-order valence-corrected chi connectivity index (χ3v) is 7.34. The molecule has 3 aromatic rings. The van der Waals surface area contributed by atoms with E-state index in [1.165, 1.54) is 28.8 Å². The Labute approximate surface area is 188 Å². The van der Waals surface area contributed by atoms with Gasteiger partial charge in [-0.3, -0.25) is 9.78 Å². The zero-order valence-electron chi connectivity index (χ0n) is 18.3. The Hall–Kier alpha value is -2.99. The summed E-state index contributed by atoms with van der Waals surface area (Å²) in [6, 6.07) is 10.7. The number of hydrogen-bond donors (Lipinski definition) is 2. The van der Waals surface area contributed by atoms with E-state index >= 15 is 0 Å².